The lowest BCUT2D eigenvalue weighted by molar-refractivity contribution is 0.0935. The second-order valence-corrected chi connectivity index (χ2v) is 4.82. The van der Waals surface area contributed by atoms with Crippen LogP contribution in [0.2, 0.25) is 0 Å². The molecule has 2 nitrogen and oxygen atoms in total. The number of rotatable bonds is 2. The molecule has 2 aromatic rings. The first-order chi connectivity index (χ1) is 9.66. The Labute approximate surface area is 115 Å². The first kappa shape index (κ1) is 12.9. The Balaban J connectivity index is 2.00. The van der Waals surface area contributed by atoms with Crippen LogP contribution in [-0.2, 0) is 6.42 Å². The maximum absolute atomic E-state index is 13.7. The predicted octanol–water partition coefficient (Wildman–Crippen LogP) is 3.03. The summed E-state index contributed by atoms with van der Waals surface area (Å²) in [5.41, 5.74) is 1.88. The largest absolute Gasteiger partial charge is 0.303 e. The number of Topliss-reactive ketones (excluding diaryl/α,β-unsaturated/α-hetero) is 1. The van der Waals surface area contributed by atoms with E-state index < -0.39 is 17.7 Å². The highest BCUT2D eigenvalue weighted by molar-refractivity contribution is 6.01. The van der Waals surface area contributed by atoms with E-state index in [-0.39, 0.29) is 11.3 Å². The second kappa shape index (κ2) is 5.13. The molecular weight excluding hydrogens is 260 g/mol. The number of hydrogen-bond donors (Lipinski definition) is 1. The number of hydrogen-bond acceptors (Lipinski definition) is 2. The second-order valence-electron chi connectivity index (χ2n) is 4.82. The minimum atomic E-state index is -0.820. The Morgan fingerprint density at radius 3 is 2.75 bits per heavy atom. The summed E-state index contributed by atoms with van der Waals surface area (Å²) in [6.45, 7) is 0.663. The van der Waals surface area contributed by atoms with Gasteiger partial charge in [-0.1, -0.05) is 24.3 Å². The summed E-state index contributed by atoms with van der Waals surface area (Å²) >= 11 is 0. The van der Waals surface area contributed by atoms with E-state index in [1.54, 1.807) is 0 Å². The van der Waals surface area contributed by atoms with Crippen LogP contribution in [0.1, 0.15) is 27.5 Å². The zero-order chi connectivity index (χ0) is 14.1. The van der Waals surface area contributed by atoms with Crippen molar-refractivity contribution in [1.29, 1.82) is 0 Å². The van der Waals surface area contributed by atoms with E-state index in [1.807, 2.05) is 24.3 Å². The summed E-state index contributed by atoms with van der Waals surface area (Å²) in [6, 6.07) is 10.1. The van der Waals surface area contributed by atoms with E-state index in [1.165, 1.54) is 6.07 Å². The molecular formula is C16H13F2NO. The number of fused-ring (bicyclic) bond motifs is 1. The van der Waals surface area contributed by atoms with Crippen molar-refractivity contribution in [1.82, 2.24) is 5.32 Å². The Kier molecular flexibility index (Phi) is 3.32. The van der Waals surface area contributed by atoms with Gasteiger partial charge in [-0.25, -0.2) is 8.78 Å². The minimum Gasteiger partial charge on any atom is -0.303 e. The standard InChI is InChI=1S/C16H13F2NO/c17-11-5-6-13(14(18)9-11)16(20)15-12-4-2-1-3-10(12)7-8-19-15/h1-6,9,15,19H,7-8H2. The zero-order valence-corrected chi connectivity index (χ0v) is 10.7. The number of carbonyl (C=O) groups excluding carboxylic acids is 1. The van der Waals surface area contributed by atoms with Crippen molar-refractivity contribution in [2.24, 2.45) is 0 Å². The van der Waals surface area contributed by atoms with Crippen LogP contribution in [0.15, 0.2) is 42.5 Å². The molecule has 0 aliphatic carbocycles. The van der Waals surface area contributed by atoms with Gasteiger partial charge >= 0.3 is 0 Å². The highest BCUT2D eigenvalue weighted by Crippen LogP contribution is 2.26. The zero-order valence-electron chi connectivity index (χ0n) is 10.7. The summed E-state index contributed by atoms with van der Waals surface area (Å²) in [4.78, 5) is 12.5. The molecule has 1 unspecified atom stereocenters. The molecule has 4 heteroatoms. The summed E-state index contributed by atoms with van der Waals surface area (Å²) in [5.74, 6) is -1.87. The van der Waals surface area contributed by atoms with Crippen LogP contribution in [0.5, 0.6) is 0 Å². The van der Waals surface area contributed by atoms with Crippen LogP contribution in [0, 0.1) is 11.6 Å². The maximum Gasteiger partial charge on any atom is 0.187 e. The Morgan fingerprint density at radius 2 is 1.95 bits per heavy atom. The van der Waals surface area contributed by atoms with Gasteiger partial charge in [0.15, 0.2) is 5.78 Å². The van der Waals surface area contributed by atoms with Gasteiger partial charge in [-0.05, 0) is 29.7 Å². The summed E-state index contributed by atoms with van der Waals surface area (Å²) in [5, 5.41) is 3.11. The fourth-order valence-electron chi connectivity index (χ4n) is 2.58. The van der Waals surface area contributed by atoms with Crippen molar-refractivity contribution in [2.75, 3.05) is 6.54 Å². The molecule has 1 heterocycles. The van der Waals surface area contributed by atoms with Crippen LogP contribution < -0.4 is 5.32 Å². The average Bonchev–Trinajstić information content (AvgIpc) is 2.46. The molecule has 1 N–H and O–H groups in total. The van der Waals surface area contributed by atoms with E-state index in [0.29, 0.717) is 6.54 Å². The quantitative estimate of drug-likeness (QED) is 0.852. The molecule has 0 amide bonds. The molecule has 0 aromatic heterocycles. The summed E-state index contributed by atoms with van der Waals surface area (Å²) in [6.07, 6.45) is 0.839. The smallest absolute Gasteiger partial charge is 0.187 e. The van der Waals surface area contributed by atoms with Gasteiger partial charge in [0.05, 0.1) is 11.6 Å². The number of nitrogens with one attached hydrogen (secondary N) is 1. The van der Waals surface area contributed by atoms with Crippen molar-refractivity contribution in [3.8, 4) is 0 Å². The van der Waals surface area contributed by atoms with Gasteiger partial charge in [-0.15, -0.1) is 0 Å². The fraction of sp³-hybridized carbons (Fsp3) is 0.188. The molecule has 0 bridgehead atoms. The highest BCUT2D eigenvalue weighted by Gasteiger charge is 2.28. The van der Waals surface area contributed by atoms with E-state index in [0.717, 1.165) is 29.7 Å². The Hall–Kier alpha value is -2.07. The molecule has 0 saturated carbocycles. The first-order valence-electron chi connectivity index (χ1n) is 6.47. The van der Waals surface area contributed by atoms with Gasteiger partial charge in [-0.2, -0.15) is 0 Å². The van der Waals surface area contributed by atoms with Crippen LogP contribution in [0.3, 0.4) is 0 Å². The summed E-state index contributed by atoms with van der Waals surface area (Å²) in [7, 11) is 0. The molecule has 20 heavy (non-hydrogen) atoms. The molecule has 3 rings (SSSR count). The van der Waals surface area contributed by atoms with E-state index in [2.05, 4.69) is 5.32 Å². The van der Waals surface area contributed by atoms with Gasteiger partial charge < -0.3 is 5.32 Å². The van der Waals surface area contributed by atoms with Gasteiger partial charge in [0, 0.05) is 12.6 Å². The lowest BCUT2D eigenvalue weighted by Crippen LogP contribution is -2.35. The Morgan fingerprint density at radius 1 is 1.15 bits per heavy atom. The first-order valence-corrected chi connectivity index (χ1v) is 6.47. The summed E-state index contributed by atoms with van der Waals surface area (Å²) < 4.78 is 26.7. The van der Waals surface area contributed by atoms with Gasteiger partial charge in [-0.3, -0.25) is 4.79 Å². The van der Waals surface area contributed by atoms with Gasteiger partial charge in [0.2, 0.25) is 0 Å². The lowest BCUT2D eigenvalue weighted by Gasteiger charge is -2.26. The molecule has 2 aromatic carbocycles. The SMILES string of the molecule is O=C(c1ccc(F)cc1F)C1NCCc2ccccc21. The normalized spacial score (nSPS) is 17.6. The third-order valence-electron chi connectivity index (χ3n) is 3.57. The number of ketones is 1. The van der Waals surface area contributed by atoms with Crippen LogP contribution in [0.4, 0.5) is 8.78 Å². The van der Waals surface area contributed by atoms with Crippen molar-refractivity contribution in [2.45, 2.75) is 12.5 Å². The molecule has 0 fully saturated rings. The van der Waals surface area contributed by atoms with Crippen molar-refractivity contribution < 1.29 is 13.6 Å². The van der Waals surface area contributed by atoms with Crippen LogP contribution in [0.25, 0.3) is 0 Å². The molecule has 1 atom stereocenters. The topological polar surface area (TPSA) is 29.1 Å². The fourth-order valence-corrected chi connectivity index (χ4v) is 2.58. The third kappa shape index (κ3) is 2.23. The molecule has 1 aliphatic heterocycles. The molecule has 0 saturated heterocycles. The lowest BCUT2D eigenvalue weighted by atomic mass is 9.89. The van der Waals surface area contributed by atoms with E-state index >= 15 is 0 Å². The minimum absolute atomic E-state index is 0.0828. The maximum atomic E-state index is 13.7. The average molecular weight is 273 g/mol. The van der Waals surface area contributed by atoms with Gasteiger partial charge in [0.25, 0.3) is 0 Å². The number of benzene rings is 2. The Bertz CT molecular complexity index is 669. The number of halogens is 2. The number of carbonyl (C=O) groups is 1. The van der Waals surface area contributed by atoms with E-state index in [9.17, 15) is 13.6 Å². The molecule has 102 valence electrons. The van der Waals surface area contributed by atoms with Crippen LogP contribution >= 0.6 is 0 Å². The molecule has 0 spiro atoms. The van der Waals surface area contributed by atoms with Crippen LogP contribution in [-0.4, -0.2) is 12.3 Å². The molecule has 0 radical (unpaired) electrons. The van der Waals surface area contributed by atoms with Gasteiger partial charge in [0.1, 0.15) is 11.6 Å². The van der Waals surface area contributed by atoms with E-state index in [4.69, 9.17) is 0 Å². The monoisotopic (exact) mass is 273 g/mol. The molecule has 1 aliphatic rings. The van der Waals surface area contributed by atoms with Crippen molar-refractivity contribution in [3.63, 3.8) is 0 Å². The van der Waals surface area contributed by atoms with Crippen molar-refractivity contribution >= 4 is 5.78 Å². The third-order valence-corrected chi connectivity index (χ3v) is 3.57. The highest BCUT2D eigenvalue weighted by atomic mass is 19.1. The predicted molar refractivity (Wildman–Crippen MR) is 71.6 cm³/mol. The van der Waals surface area contributed by atoms with Crippen molar-refractivity contribution in [3.05, 3.63) is 70.8 Å².